The molecule has 2 N–H and O–H groups in total. The number of anilines is 1. The van der Waals surface area contributed by atoms with Gasteiger partial charge < -0.3 is 15.0 Å². The average molecular weight is 491 g/mol. The third kappa shape index (κ3) is 4.84. The lowest BCUT2D eigenvalue weighted by atomic mass is 10.1. The zero-order chi connectivity index (χ0) is 24.6. The van der Waals surface area contributed by atoms with Crippen molar-refractivity contribution in [3.05, 3.63) is 78.4 Å². The summed E-state index contributed by atoms with van der Waals surface area (Å²) in [7, 11) is -3.67. The SMILES string of the molecule is C[C@H]1CN(S(=O)(=O)c2ccc(C(=O)Nc3cccc(-c4nc5ccccc5[nH]4)c3)cc2)C[C@H](C)O1. The van der Waals surface area contributed by atoms with Gasteiger partial charge >= 0.3 is 0 Å². The van der Waals surface area contributed by atoms with Gasteiger partial charge in [0.25, 0.3) is 5.91 Å². The van der Waals surface area contributed by atoms with E-state index < -0.39 is 10.0 Å². The summed E-state index contributed by atoms with van der Waals surface area (Å²) in [6.07, 6.45) is -0.345. The second kappa shape index (κ2) is 9.26. The van der Waals surface area contributed by atoms with Crippen molar-refractivity contribution in [3.63, 3.8) is 0 Å². The van der Waals surface area contributed by atoms with Gasteiger partial charge in [0.2, 0.25) is 10.0 Å². The number of sulfonamides is 1. The van der Waals surface area contributed by atoms with Crippen LogP contribution in [0.15, 0.2) is 77.7 Å². The molecule has 1 aliphatic heterocycles. The Morgan fingerprint density at radius 1 is 1.00 bits per heavy atom. The van der Waals surface area contributed by atoms with Crippen LogP contribution in [0, 0.1) is 0 Å². The van der Waals surface area contributed by atoms with E-state index in [9.17, 15) is 13.2 Å². The van der Waals surface area contributed by atoms with Crippen molar-refractivity contribution in [2.45, 2.75) is 31.0 Å². The number of H-pyrrole nitrogens is 1. The maximum atomic E-state index is 13.0. The monoisotopic (exact) mass is 490 g/mol. The summed E-state index contributed by atoms with van der Waals surface area (Å²) < 4.78 is 33.2. The highest BCUT2D eigenvalue weighted by Crippen LogP contribution is 2.24. The van der Waals surface area contributed by atoms with Gasteiger partial charge in [0.1, 0.15) is 5.82 Å². The highest BCUT2D eigenvalue weighted by atomic mass is 32.2. The van der Waals surface area contributed by atoms with E-state index >= 15 is 0 Å². The first-order chi connectivity index (χ1) is 16.8. The number of benzene rings is 3. The molecule has 1 fully saturated rings. The summed E-state index contributed by atoms with van der Waals surface area (Å²) in [4.78, 5) is 20.9. The summed E-state index contributed by atoms with van der Waals surface area (Å²) >= 11 is 0. The maximum absolute atomic E-state index is 13.0. The van der Waals surface area contributed by atoms with E-state index in [4.69, 9.17) is 4.74 Å². The molecule has 2 heterocycles. The molecule has 0 unspecified atom stereocenters. The molecule has 5 rings (SSSR count). The zero-order valence-corrected chi connectivity index (χ0v) is 20.2. The molecule has 35 heavy (non-hydrogen) atoms. The molecule has 1 aromatic heterocycles. The molecule has 9 heteroatoms. The lowest BCUT2D eigenvalue weighted by Crippen LogP contribution is -2.48. The highest BCUT2D eigenvalue weighted by Gasteiger charge is 2.32. The van der Waals surface area contributed by atoms with Crippen LogP contribution in [-0.4, -0.2) is 53.9 Å². The molecule has 0 saturated carbocycles. The van der Waals surface area contributed by atoms with Gasteiger partial charge in [-0.05, 0) is 62.4 Å². The molecule has 1 aliphatic rings. The number of rotatable bonds is 5. The molecule has 1 amide bonds. The molecule has 0 radical (unpaired) electrons. The first-order valence-electron chi connectivity index (χ1n) is 11.4. The van der Waals surface area contributed by atoms with Gasteiger partial charge in [-0.15, -0.1) is 0 Å². The van der Waals surface area contributed by atoms with E-state index in [1.165, 1.54) is 28.6 Å². The predicted molar refractivity (Wildman–Crippen MR) is 135 cm³/mol. The number of para-hydroxylation sites is 2. The van der Waals surface area contributed by atoms with Gasteiger partial charge in [0, 0.05) is 29.9 Å². The topological polar surface area (TPSA) is 104 Å². The standard InChI is InChI=1S/C26H26N4O4S/c1-17-15-30(16-18(2)34-17)35(32,33)22-12-10-19(11-13-22)26(31)27-21-7-5-6-20(14-21)25-28-23-8-3-4-9-24(23)29-25/h3-14,17-18H,15-16H2,1-2H3,(H,27,31)(H,28,29)/t17-,18-/m0/s1. The Morgan fingerprint density at radius 3 is 2.43 bits per heavy atom. The smallest absolute Gasteiger partial charge is 0.255 e. The van der Waals surface area contributed by atoms with Crippen molar-refractivity contribution in [3.8, 4) is 11.4 Å². The number of ether oxygens (including phenoxy) is 1. The molecule has 3 aromatic carbocycles. The van der Waals surface area contributed by atoms with Crippen LogP contribution in [0.25, 0.3) is 22.4 Å². The molecule has 0 spiro atoms. The summed E-state index contributed by atoms with van der Waals surface area (Å²) in [5.74, 6) is 0.382. The highest BCUT2D eigenvalue weighted by molar-refractivity contribution is 7.89. The van der Waals surface area contributed by atoms with Gasteiger partial charge in [-0.1, -0.05) is 24.3 Å². The number of aromatic amines is 1. The number of morpholine rings is 1. The second-order valence-electron chi connectivity index (χ2n) is 8.74. The Morgan fingerprint density at radius 2 is 1.71 bits per heavy atom. The molecule has 0 aliphatic carbocycles. The number of imidazole rings is 1. The van der Waals surface area contributed by atoms with Crippen LogP contribution in [0.4, 0.5) is 5.69 Å². The van der Waals surface area contributed by atoms with Crippen LogP contribution < -0.4 is 5.32 Å². The fraction of sp³-hybridized carbons (Fsp3) is 0.231. The van der Waals surface area contributed by atoms with E-state index in [0.717, 1.165) is 16.6 Å². The van der Waals surface area contributed by atoms with Gasteiger partial charge in [-0.3, -0.25) is 4.79 Å². The fourth-order valence-corrected chi connectivity index (χ4v) is 5.88. The number of carbonyl (C=O) groups is 1. The normalized spacial score (nSPS) is 19.0. The van der Waals surface area contributed by atoms with Crippen LogP contribution >= 0.6 is 0 Å². The van der Waals surface area contributed by atoms with Crippen molar-refractivity contribution in [2.75, 3.05) is 18.4 Å². The number of carbonyl (C=O) groups excluding carboxylic acids is 1. The number of hydrogen-bond acceptors (Lipinski definition) is 5. The Hall–Kier alpha value is -3.53. The quantitative estimate of drug-likeness (QED) is 0.435. The Labute approximate surface area is 204 Å². The van der Waals surface area contributed by atoms with E-state index in [0.29, 0.717) is 30.2 Å². The minimum absolute atomic E-state index is 0.155. The lowest BCUT2D eigenvalue weighted by molar-refractivity contribution is -0.0440. The largest absolute Gasteiger partial charge is 0.373 e. The summed E-state index contributed by atoms with van der Waals surface area (Å²) in [5.41, 5.74) is 3.62. The van der Waals surface area contributed by atoms with Crippen molar-refractivity contribution < 1.29 is 17.9 Å². The van der Waals surface area contributed by atoms with Crippen LogP contribution in [-0.2, 0) is 14.8 Å². The third-order valence-corrected chi connectivity index (χ3v) is 7.77. The minimum Gasteiger partial charge on any atom is -0.373 e. The summed E-state index contributed by atoms with van der Waals surface area (Å²) in [6.45, 7) is 4.32. The number of aromatic nitrogens is 2. The molecule has 8 nitrogen and oxygen atoms in total. The fourth-order valence-electron chi connectivity index (χ4n) is 4.29. The Balaban J connectivity index is 1.31. The molecule has 2 atom stereocenters. The number of fused-ring (bicyclic) bond motifs is 1. The molecule has 1 saturated heterocycles. The van der Waals surface area contributed by atoms with Gasteiger partial charge in [0.05, 0.1) is 28.1 Å². The molecule has 4 aromatic rings. The van der Waals surface area contributed by atoms with Gasteiger partial charge in [-0.25, -0.2) is 13.4 Å². The van der Waals surface area contributed by atoms with Crippen molar-refractivity contribution in [1.82, 2.24) is 14.3 Å². The first-order valence-corrected chi connectivity index (χ1v) is 12.9. The molecular weight excluding hydrogens is 464 g/mol. The molecular formula is C26H26N4O4S. The molecule has 0 bridgehead atoms. The molecule has 180 valence electrons. The van der Waals surface area contributed by atoms with E-state index in [1.807, 2.05) is 56.3 Å². The first kappa shape index (κ1) is 23.2. The average Bonchev–Trinajstić information content (AvgIpc) is 3.28. The zero-order valence-electron chi connectivity index (χ0n) is 19.4. The van der Waals surface area contributed by atoms with Crippen molar-refractivity contribution >= 4 is 32.7 Å². The van der Waals surface area contributed by atoms with Crippen LogP contribution in [0.3, 0.4) is 0 Å². The summed E-state index contributed by atoms with van der Waals surface area (Å²) in [5, 5.41) is 2.88. The van der Waals surface area contributed by atoms with Crippen molar-refractivity contribution in [2.24, 2.45) is 0 Å². The Bertz CT molecular complexity index is 1440. The van der Waals surface area contributed by atoms with Gasteiger partial charge in [-0.2, -0.15) is 4.31 Å². The lowest BCUT2D eigenvalue weighted by Gasteiger charge is -2.34. The van der Waals surface area contributed by atoms with E-state index in [2.05, 4.69) is 15.3 Å². The maximum Gasteiger partial charge on any atom is 0.255 e. The number of amides is 1. The van der Waals surface area contributed by atoms with E-state index in [-0.39, 0.29) is 23.0 Å². The Kier molecular flexibility index (Phi) is 6.14. The van der Waals surface area contributed by atoms with E-state index in [1.54, 1.807) is 6.07 Å². The number of nitrogens with one attached hydrogen (secondary N) is 2. The summed E-state index contributed by atoms with van der Waals surface area (Å²) in [6, 6.07) is 21.2. The predicted octanol–water partition coefficient (Wildman–Crippen LogP) is 4.28. The number of nitrogens with zero attached hydrogens (tertiary/aromatic N) is 2. The minimum atomic E-state index is -3.67. The third-order valence-electron chi connectivity index (χ3n) is 5.92. The van der Waals surface area contributed by atoms with Crippen LogP contribution in [0.2, 0.25) is 0 Å². The second-order valence-corrected chi connectivity index (χ2v) is 10.7. The van der Waals surface area contributed by atoms with Crippen LogP contribution in [0.5, 0.6) is 0 Å². The van der Waals surface area contributed by atoms with Crippen molar-refractivity contribution in [1.29, 1.82) is 0 Å². The van der Waals surface area contributed by atoms with Crippen LogP contribution in [0.1, 0.15) is 24.2 Å². The van der Waals surface area contributed by atoms with Gasteiger partial charge in [0.15, 0.2) is 0 Å². The number of hydrogen-bond donors (Lipinski definition) is 2.